The van der Waals surface area contributed by atoms with Crippen molar-refractivity contribution in [3.63, 3.8) is 0 Å². The molecule has 24 heavy (non-hydrogen) atoms. The van der Waals surface area contributed by atoms with E-state index in [2.05, 4.69) is 4.72 Å². The van der Waals surface area contributed by atoms with E-state index in [0.717, 1.165) is 0 Å². The lowest BCUT2D eigenvalue weighted by molar-refractivity contribution is -0.143. The smallest absolute Gasteiger partial charge is 0.307 e. The second-order valence-electron chi connectivity index (χ2n) is 5.05. The number of halogens is 1. The Morgan fingerprint density at radius 3 is 2.33 bits per heavy atom. The molecule has 1 atom stereocenters. The number of carbonyl (C=O) groups excluding carboxylic acids is 1. The molecule has 2 aromatic rings. The lowest BCUT2D eigenvalue weighted by atomic mass is 10.1. The molecular weight excluding hydrogens is 350 g/mol. The lowest BCUT2D eigenvalue weighted by Crippen LogP contribution is -2.30. The number of sulfonamides is 1. The molecule has 0 aromatic heterocycles. The van der Waals surface area contributed by atoms with Gasteiger partial charge in [-0.25, -0.2) is 13.1 Å². The van der Waals surface area contributed by atoms with Gasteiger partial charge in [-0.05, 0) is 36.8 Å². The van der Waals surface area contributed by atoms with Crippen molar-refractivity contribution in [1.82, 2.24) is 4.72 Å². The second-order valence-corrected chi connectivity index (χ2v) is 7.20. The van der Waals surface area contributed by atoms with Crippen molar-refractivity contribution in [2.75, 3.05) is 6.61 Å². The molecule has 5 nitrogen and oxygen atoms in total. The van der Waals surface area contributed by atoms with Crippen molar-refractivity contribution < 1.29 is 17.9 Å². The van der Waals surface area contributed by atoms with E-state index in [1.807, 2.05) is 0 Å². The van der Waals surface area contributed by atoms with E-state index in [0.29, 0.717) is 10.6 Å². The van der Waals surface area contributed by atoms with Gasteiger partial charge in [-0.3, -0.25) is 4.79 Å². The SMILES string of the molecule is CCOC(=O)C[C@@H](NS(=O)(=O)c1ccccc1)c1ccc(Cl)cc1. The molecule has 0 aliphatic carbocycles. The minimum atomic E-state index is -3.77. The van der Waals surface area contributed by atoms with Gasteiger partial charge in [0.05, 0.1) is 24.0 Å². The van der Waals surface area contributed by atoms with Crippen LogP contribution in [0.3, 0.4) is 0 Å². The van der Waals surface area contributed by atoms with E-state index in [1.54, 1.807) is 49.4 Å². The predicted molar refractivity (Wildman–Crippen MR) is 92.2 cm³/mol. The maximum absolute atomic E-state index is 12.5. The summed E-state index contributed by atoms with van der Waals surface area (Å²) in [6, 6.07) is 13.9. The highest BCUT2D eigenvalue weighted by molar-refractivity contribution is 7.89. The summed E-state index contributed by atoms with van der Waals surface area (Å²) < 4.78 is 32.6. The third-order valence-corrected chi connectivity index (χ3v) is 5.04. The molecule has 0 amide bonds. The van der Waals surface area contributed by atoms with Crippen LogP contribution < -0.4 is 4.72 Å². The number of benzene rings is 2. The largest absolute Gasteiger partial charge is 0.466 e. The predicted octanol–water partition coefficient (Wildman–Crippen LogP) is 3.31. The van der Waals surface area contributed by atoms with Gasteiger partial charge in [0.15, 0.2) is 0 Å². The molecule has 7 heteroatoms. The van der Waals surface area contributed by atoms with Crippen LogP contribution in [0.25, 0.3) is 0 Å². The van der Waals surface area contributed by atoms with Crippen LogP contribution in [0.5, 0.6) is 0 Å². The first-order chi connectivity index (χ1) is 11.4. The molecular formula is C17H18ClNO4S. The first kappa shape index (κ1) is 18.4. The van der Waals surface area contributed by atoms with Crippen LogP contribution in [-0.4, -0.2) is 21.0 Å². The Hall–Kier alpha value is -1.89. The summed E-state index contributed by atoms with van der Waals surface area (Å²) in [5.41, 5.74) is 0.631. The molecule has 2 aromatic carbocycles. The summed E-state index contributed by atoms with van der Waals surface area (Å²) in [7, 11) is -3.77. The maximum atomic E-state index is 12.5. The second kappa shape index (κ2) is 8.28. The Morgan fingerprint density at radius 2 is 1.75 bits per heavy atom. The summed E-state index contributed by atoms with van der Waals surface area (Å²) in [5, 5.41) is 0.527. The van der Waals surface area contributed by atoms with E-state index < -0.39 is 22.0 Å². The molecule has 0 aliphatic heterocycles. The van der Waals surface area contributed by atoms with Gasteiger partial charge in [0.25, 0.3) is 0 Å². The molecule has 0 radical (unpaired) electrons. The number of ether oxygens (including phenoxy) is 1. The lowest BCUT2D eigenvalue weighted by Gasteiger charge is -2.18. The van der Waals surface area contributed by atoms with Gasteiger partial charge < -0.3 is 4.74 Å². The Bertz CT molecular complexity index is 776. The molecule has 128 valence electrons. The number of hydrogen-bond donors (Lipinski definition) is 1. The van der Waals surface area contributed by atoms with E-state index in [9.17, 15) is 13.2 Å². The molecule has 0 spiro atoms. The summed E-state index contributed by atoms with van der Waals surface area (Å²) in [5.74, 6) is -0.479. The van der Waals surface area contributed by atoms with Gasteiger partial charge >= 0.3 is 5.97 Å². The number of hydrogen-bond acceptors (Lipinski definition) is 4. The highest BCUT2D eigenvalue weighted by Crippen LogP contribution is 2.22. The Morgan fingerprint density at radius 1 is 1.12 bits per heavy atom. The monoisotopic (exact) mass is 367 g/mol. The molecule has 0 saturated carbocycles. The van der Waals surface area contributed by atoms with Crippen LogP contribution in [0, 0.1) is 0 Å². The molecule has 0 unspecified atom stereocenters. The Kier molecular flexibility index (Phi) is 6.36. The van der Waals surface area contributed by atoms with Crippen molar-refractivity contribution >= 4 is 27.6 Å². The van der Waals surface area contributed by atoms with Crippen LogP contribution >= 0.6 is 11.6 Å². The molecule has 0 aliphatic rings. The molecule has 0 bridgehead atoms. The third-order valence-electron chi connectivity index (χ3n) is 3.30. The van der Waals surface area contributed by atoms with Crippen molar-refractivity contribution in [2.24, 2.45) is 0 Å². The number of esters is 1. The van der Waals surface area contributed by atoms with Gasteiger partial charge in [0.2, 0.25) is 10.0 Å². The van der Waals surface area contributed by atoms with Crippen molar-refractivity contribution in [2.45, 2.75) is 24.3 Å². The highest BCUT2D eigenvalue weighted by atomic mass is 35.5. The zero-order valence-electron chi connectivity index (χ0n) is 13.1. The summed E-state index contributed by atoms with van der Waals surface area (Å²) in [4.78, 5) is 12.0. The first-order valence-electron chi connectivity index (χ1n) is 7.41. The standard InChI is InChI=1S/C17H18ClNO4S/c1-2-23-17(20)12-16(13-8-10-14(18)11-9-13)19-24(21,22)15-6-4-3-5-7-15/h3-11,16,19H,2,12H2,1H3/t16-/m1/s1. The number of rotatable bonds is 7. The minimum Gasteiger partial charge on any atom is -0.466 e. The maximum Gasteiger partial charge on any atom is 0.307 e. The van der Waals surface area contributed by atoms with Gasteiger partial charge in [0.1, 0.15) is 0 Å². The van der Waals surface area contributed by atoms with E-state index in [-0.39, 0.29) is 17.9 Å². The van der Waals surface area contributed by atoms with Crippen LogP contribution in [0.4, 0.5) is 0 Å². The summed E-state index contributed by atoms with van der Waals surface area (Å²) in [6.07, 6.45) is -0.110. The molecule has 2 rings (SSSR count). The van der Waals surface area contributed by atoms with E-state index in [1.165, 1.54) is 12.1 Å². The van der Waals surface area contributed by atoms with E-state index in [4.69, 9.17) is 16.3 Å². The molecule has 0 saturated heterocycles. The Labute approximate surface area is 146 Å². The van der Waals surface area contributed by atoms with Gasteiger partial charge in [-0.1, -0.05) is 41.9 Å². The first-order valence-corrected chi connectivity index (χ1v) is 9.27. The van der Waals surface area contributed by atoms with Crippen molar-refractivity contribution in [3.05, 3.63) is 65.2 Å². The van der Waals surface area contributed by atoms with Crippen LogP contribution in [0.2, 0.25) is 5.02 Å². The minimum absolute atomic E-state index is 0.110. The van der Waals surface area contributed by atoms with Gasteiger partial charge in [0, 0.05) is 5.02 Å². The molecule has 0 heterocycles. The average Bonchev–Trinajstić information content (AvgIpc) is 2.56. The van der Waals surface area contributed by atoms with Gasteiger partial charge in [-0.15, -0.1) is 0 Å². The normalized spacial score (nSPS) is 12.6. The van der Waals surface area contributed by atoms with Crippen molar-refractivity contribution in [3.8, 4) is 0 Å². The van der Waals surface area contributed by atoms with Crippen LogP contribution in [0.15, 0.2) is 59.5 Å². The fraction of sp³-hybridized carbons (Fsp3) is 0.235. The zero-order valence-corrected chi connectivity index (χ0v) is 14.7. The number of carbonyl (C=O) groups is 1. The topological polar surface area (TPSA) is 72.5 Å². The third kappa shape index (κ3) is 5.06. The summed E-state index contributed by atoms with van der Waals surface area (Å²) >= 11 is 5.87. The molecule has 0 fully saturated rings. The fourth-order valence-electron chi connectivity index (χ4n) is 2.16. The highest BCUT2D eigenvalue weighted by Gasteiger charge is 2.24. The van der Waals surface area contributed by atoms with E-state index >= 15 is 0 Å². The van der Waals surface area contributed by atoms with Gasteiger partial charge in [-0.2, -0.15) is 0 Å². The quantitative estimate of drug-likeness (QED) is 0.762. The fourth-order valence-corrected chi connectivity index (χ4v) is 3.54. The number of nitrogens with one attached hydrogen (secondary N) is 1. The summed E-state index contributed by atoms with van der Waals surface area (Å²) in [6.45, 7) is 1.93. The molecule has 1 N–H and O–H groups in total. The Balaban J connectivity index is 2.28. The van der Waals surface area contributed by atoms with Crippen LogP contribution in [-0.2, 0) is 19.6 Å². The average molecular weight is 368 g/mol. The van der Waals surface area contributed by atoms with Crippen molar-refractivity contribution in [1.29, 1.82) is 0 Å². The van der Waals surface area contributed by atoms with Crippen LogP contribution in [0.1, 0.15) is 24.9 Å². The zero-order chi connectivity index (χ0) is 17.6.